The number of aliphatic hydroxyl groups excluding tert-OH is 4. The highest BCUT2D eigenvalue weighted by molar-refractivity contribution is 6.40. The van der Waals surface area contributed by atoms with Gasteiger partial charge >= 0.3 is 11.9 Å². The largest absolute Gasteiger partial charge is 0.497 e. The summed E-state index contributed by atoms with van der Waals surface area (Å²) < 4.78 is 78.7. The molecular weight excluding hydrogens is 1100 g/mol. The van der Waals surface area contributed by atoms with Crippen LogP contribution in [0.15, 0.2) is 106 Å². The molecule has 2 aromatic heterocycles. The Hall–Kier alpha value is -6.38. The first-order chi connectivity index (χ1) is 38.8. The molecule has 22 nitrogen and oxygen atoms in total. The van der Waals surface area contributed by atoms with Gasteiger partial charge in [-0.25, -0.2) is 0 Å². The maximum atomic E-state index is 13.2. The zero-order chi connectivity index (χ0) is 58.2. The Morgan fingerprint density at radius 2 is 0.864 bits per heavy atom. The number of rotatable bonds is 16. The number of methoxy groups -OCH3 is 4. The van der Waals surface area contributed by atoms with Crippen LogP contribution in [0.2, 0.25) is 0 Å². The Labute approximate surface area is 476 Å². The molecule has 0 bridgehead atoms. The van der Waals surface area contributed by atoms with Gasteiger partial charge in [-0.3, -0.25) is 9.59 Å². The van der Waals surface area contributed by atoms with Crippen molar-refractivity contribution in [1.29, 1.82) is 0 Å². The molecule has 436 valence electrons. The molecule has 10 rings (SSSR count). The molecule has 4 N–H and O–H groups in total. The summed E-state index contributed by atoms with van der Waals surface area (Å²) in [5.41, 5.74) is 5.47. The van der Waals surface area contributed by atoms with E-state index in [9.17, 15) is 30.0 Å². The lowest BCUT2D eigenvalue weighted by Gasteiger charge is -2.37. The first-order valence-corrected chi connectivity index (χ1v) is 26.6. The number of carbonyl (C=O) groups is 2. The van der Waals surface area contributed by atoms with E-state index in [0.717, 1.165) is 22.3 Å². The number of alkyl halides is 2. The number of halogens is 2. The van der Waals surface area contributed by atoms with Crippen LogP contribution >= 0.6 is 23.2 Å². The number of fused-ring (bicyclic) bond motifs is 3. The van der Waals surface area contributed by atoms with E-state index < -0.39 is 91.5 Å². The van der Waals surface area contributed by atoms with Crippen molar-refractivity contribution >= 4 is 35.1 Å². The molecule has 6 heterocycles. The van der Waals surface area contributed by atoms with Crippen molar-refractivity contribution in [2.45, 2.75) is 114 Å². The average molecular weight is 1170 g/mol. The minimum atomic E-state index is -1.73. The summed E-state index contributed by atoms with van der Waals surface area (Å²) in [6, 6.07) is 29.3. The van der Waals surface area contributed by atoms with Gasteiger partial charge in [-0.15, -0.1) is 23.2 Å². The second-order valence-corrected chi connectivity index (χ2v) is 20.4. The van der Waals surface area contributed by atoms with Crippen LogP contribution in [0, 0.1) is 0 Å². The van der Waals surface area contributed by atoms with E-state index in [1.54, 1.807) is 52.7 Å². The summed E-state index contributed by atoms with van der Waals surface area (Å²) in [7, 11) is 6.34. The molecule has 4 aliphatic heterocycles. The fourth-order valence-electron chi connectivity index (χ4n) is 9.50. The summed E-state index contributed by atoms with van der Waals surface area (Å²) in [5.74, 6) is 0.454. The molecule has 81 heavy (non-hydrogen) atoms. The van der Waals surface area contributed by atoms with E-state index in [4.69, 9.17) is 89.1 Å². The monoisotopic (exact) mass is 1170 g/mol. The number of hydrogen-bond acceptors (Lipinski definition) is 22. The first kappa shape index (κ1) is 60.7. The topological polar surface area (TPSA) is 278 Å². The van der Waals surface area contributed by atoms with Crippen molar-refractivity contribution in [3.05, 3.63) is 109 Å². The molecule has 10 atom stereocenters. The number of ether oxygens (including phenoxy) is 12. The Morgan fingerprint density at radius 3 is 1.28 bits per heavy atom. The number of benzene rings is 4. The van der Waals surface area contributed by atoms with Gasteiger partial charge in [0.2, 0.25) is 0 Å². The summed E-state index contributed by atoms with van der Waals surface area (Å²) in [5, 5.41) is 47.8. The number of esters is 2. The standard InChI is InChI=1S/C31H35NO10.C25H27NO10.CH2Cl2/c1-30(2)38-26-22(37-29-28(27(26)39-30)40-31(3,4)41-29)16-36-23(33)15-21-24(17-7-11-19(34-5)12-8-17)25(32-42-21)18-9-13-20(35-6)14-10-18;1-32-15-7-3-13(4-8-15)20-17(36-26-21(20)14-5-9-16(33-2)10-6-14)11-19(27)34-12-18-22(28)23(29)24(30)25(31)35-18;2-1-3/h7-14,22,26-29H,15-16H2,1-6H3;3-10,18,22-25,28-31H,11-12H2,1-2H3;1H2. The number of hydrogen-bond donors (Lipinski definition) is 4. The third-order valence-electron chi connectivity index (χ3n) is 13.4. The number of aromatic nitrogens is 2. The van der Waals surface area contributed by atoms with E-state index in [-0.39, 0.29) is 30.5 Å². The molecule has 0 radical (unpaired) electrons. The second-order valence-electron chi connectivity index (χ2n) is 19.6. The normalized spacial score (nSPS) is 24.9. The van der Waals surface area contributed by atoms with Crippen molar-refractivity contribution in [3.8, 4) is 67.8 Å². The van der Waals surface area contributed by atoms with E-state index in [1.807, 2.05) is 100 Å². The smallest absolute Gasteiger partial charge is 0.313 e. The van der Waals surface area contributed by atoms with Gasteiger partial charge in [-0.1, -0.05) is 34.6 Å². The van der Waals surface area contributed by atoms with Crippen molar-refractivity contribution in [2.24, 2.45) is 0 Å². The van der Waals surface area contributed by atoms with Crippen molar-refractivity contribution in [2.75, 3.05) is 47.0 Å². The number of carbonyl (C=O) groups excluding carboxylic acids is 2. The molecule has 0 amide bonds. The molecule has 4 saturated heterocycles. The summed E-state index contributed by atoms with van der Waals surface area (Å²) in [6.45, 7) is 6.77. The lowest BCUT2D eigenvalue weighted by Crippen LogP contribution is -2.58. The average Bonchev–Trinajstić information content (AvgIpc) is 4.46. The fourth-order valence-corrected chi connectivity index (χ4v) is 9.50. The molecule has 10 unspecified atom stereocenters. The Kier molecular flexibility index (Phi) is 20.0. The van der Waals surface area contributed by atoms with Crippen LogP contribution in [0.3, 0.4) is 0 Å². The summed E-state index contributed by atoms with van der Waals surface area (Å²) >= 11 is 9.53. The Balaban J connectivity index is 0.000000205. The van der Waals surface area contributed by atoms with Crippen LogP contribution in [-0.4, -0.2) is 163 Å². The number of aliphatic hydroxyl groups is 4. The van der Waals surface area contributed by atoms with Gasteiger partial charge in [-0.2, -0.15) is 0 Å². The van der Waals surface area contributed by atoms with Gasteiger partial charge in [0.25, 0.3) is 0 Å². The van der Waals surface area contributed by atoms with Crippen molar-refractivity contribution < 1.29 is 95.9 Å². The highest BCUT2D eigenvalue weighted by Gasteiger charge is 2.61. The Bertz CT molecular complexity index is 3010. The van der Waals surface area contributed by atoms with Crippen LogP contribution in [0.5, 0.6) is 23.0 Å². The molecule has 4 fully saturated rings. The third kappa shape index (κ3) is 14.5. The van der Waals surface area contributed by atoms with Gasteiger partial charge < -0.3 is 86.3 Å². The third-order valence-corrected chi connectivity index (χ3v) is 13.4. The van der Waals surface area contributed by atoms with Gasteiger partial charge in [-0.05, 0) is 112 Å². The second kappa shape index (κ2) is 26.7. The van der Waals surface area contributed by atoms with E-state index in [1.165, 1.54) is 0 Å². The highest BCUT2D eigenvalue weighted by atomic mass is 35.5. The summed E-state index contributed by atoms with van der Waals surface area (Å²) in [4.78, 5) is 25.8. The van der Waals surface area contributed by atoms with Crippen LogP contribution in [0.25, 0.3) is 44.8 Å². The van der Waals surface area contributed by atoms with E-state index in [0.29, 0.717) is 51.3 Å². The quantitative estimate of drug-likeness (QED) is 0.0570. The predicted octanol–water partition coefficient (Wildman–Crippen LogP) is 6.84. The van der Waals surface area contributed by atoms with Gasteiger partial charge in [0.05, 0.1) is 44.9 Å². The zero-order valence-corrected chi connectivity index (χ0v) is 47.0. The van der Waals surface area contributed by atoms with Crippen molar-refractivity contribution in [3.63, 3.8) is 0 Å². The SMILES string of the molecule is COc1ccc(-c2noc(CC(=O)OCC3OC(O)C(O)C(O)C3O)c2-c2ccc(OC)cc2)cc1.COc1ccc(-c2noc(CC(=O)OCC3OC4OC(C)(C)OC4C4OC(C)(C)OC34)c2-c2ccc(OC)cc2)cc1.ClCCl. The van der Waals surface area contributed by atoms with Crippen LogP contribution < -0.4 is 18.9 Å². The maximum Gasteiger partial charge on any atom is 0.313 e. The minimum absolute atomic E-state index is 0.0657. The van der Waals surface area contributed by atoms with Crippen LogP contribution in [-0.2, 0) is 60.3 Å². The lowest BCUT2D eigenvalue weighted by molar-refractivity contribution is -0.287. The van der Waals surface area contributed by atoms with Crippen LogP contribution in [0.4, 0.5) is 0 Å². The molecule has 4 aromatic carbocycles. The van der Waals surface area contributed by atoms with Crippen LogP contribution in [0.1, 0.15) is 39.2 Å². The molecule has 0 aliphatic carbocycles. The predicted molar refractivity (Wildman–Crippen MR) is 288 cm³/mol. The molecule has 24 heteroatoms. The molecule has 4 aliphatic rings. The minimum Gasteiger partial charge on any atom is -0.497 e. The number of nitrogens with zero attached hydrogens (tertiary/aromatic N) is 2. The molecule has 0 saturated carbocycles. The maximum absolute atomic E-state index is 13.2. The van der Waals surface area contributed by atoms with E-state index in [2.05, 4.69) is 10.3 Å². The summed E-state index contributed by atoms with van der Waals surface area (Å²) in [6.07, 6.45) is -11.0. The van der Waals surface area contributed by atoms with E-state index >= 15 is 0 Å². The van der Waals surface area contributed by atoms with Gasteiger partial charge in [0.1, 0.15) is 109 Å². The molecule has 0 spiro atoms. The highest BCUT2D eigenvalue weighted by Crippen LogP contribution is 2.45. The fraction of sp³-hybridized carbons (Fsp3) is 0.439. The molecule has 6 aromatic rings. The lowest BCUT2D eigenvalue weighted by atomic mass is 9.98. The molecular formula is C57H64Cl2N2O20. The zero-order valence-electron chi connectivity index (χ0n) is 45.5. The van der Waals surface area contributed by atoms with Crippen molar-refractivity contribution in [1.82, 2.24) is 10.3 Å². The van der Waals surface area contributed by atoms with Gasteiger partial charge in [0.15, 0.2) is 35.7 Å². The first-order valence-electron chi connectivity index (χ1n) is 25.5. The van der Waals surface area contributed by atoms with Gasteiger partial charge in [0, 0.05) is 11.1 Å². The Morgan fingerprint density at radius 1 is 0.494 bits per heavy atom.